The number of benzene rings is 1. The standard InChI is InChI=1S/C23H19N5O3/c1-14(15-6-3-2-4-7-15)26-19-20(22(30)21(19)29)27-17-9-11-25-18(12-17)28-23(31)16-8-5-10-24-13-16/h2-14,26H,1H3,(H2,25,27,28,31)/t14-/m1/s1. The lowest BCUT2D eigenvalue weighted by Gasteiger charge is -2.20. The Kier molecular flexibility index (Phi) is 5.53. The number of hydrogen-bond donors (Lipinski definition) is 3. The molecular formula is C23H19N5O3. The summed E-state index contributed by atoms with van der Waals surface area (Å²) in [4.78, 5) is 44.6. The lowest BCUT2D eigenvalue weighted by Crippen LogP contribution is -2.37. The van der Waals surface area contributed by atoms with Gasteiger partial charge < -0.3 is 16.0 Å². The molecule has 1 atom stereocenters. The molecule has 2 aromatic heterocycles. The quantitative estimate of drug-likeness (QED) is 0.399. The molecule has 8 heteroatoms. The molecule has 2 aromatic carbocycles. The van der Waals surface area contributed by atoms with E-state index in [1.54, 1.807) is 30.5 Å². The highest BCUT2D eigenvalue weighted by molar-refractivity contribution is 6.03. The molecule has 0 fully saturated rings. The number of nitrogens with one attached hydrogen (secondary N) is 3. The van der Waals surface area contributed by atoms with Crippen LogP contribution in [0, 0.1) is 0 Å². The van der Waals surface area contributed by atoms with Crippen molar-refractivity contribution in [3.63, 3.8) is 0 Å². The molecule has 3 N–H and O–H groups in total. The van der Waals surface area contributed by atoms with Gasteiger partial charge in [0.15, 0.2) is 0 Å². The van der Waals surface area contributed by atoms with Crippen LogP contribution in [-0.2, 0) is 0 Å². The predicted molar refractivity (Wildman–Crippen MR) is 120 cm³/mol. The normalized spacial score (nSPS) is 11.6. The molecule has 0 saturated heterocycles. The summed E-state index contributed by atoms with van der Waals surface area (Å²) in [5.41, 5.74) is 1.16. The third-order valence-corrected chi connectivity index (χ3v) is 4.77. The van der Waals surface area contributed by atoms with E-state index in [0.717, 1.165) is 5.56 Å². The lowest BCUT2D eigenvalue weighted by atomic mass is 10.1. The Labute approximate surface area is 177 Å². The van der Waals surface area contributed by atoms with E-state index < -0.39 is 10.9 Å². The number of anilines is 4. The molecule has 4 rings (SSSR count). The molecule has 0 bridgehead atoms. The third-order valence-electron chi connectivity index (χ3n) is 4.77. The molecule has 0 spiro atoms. The van der Waals surface area contributed by atoms with Crippen molar-refractivity contribution < 1.29 is 4.79 Å². The summed E-state index contributed by atoms with van der Waals surface area (Å²) in [6, 6.07) is 16.0. The van der Waals surface area contributed by atoms with E-state index in [4.69, 9.17) is 0 Å². The average molecular weight is 413 g/mol. The van der Waals surface area contributed by atoms with E-state index >= 15 is 0 Å². The van der Waals surface area contributed by atoms with Gasteiger partial charge in [0.05, 0.1) is 5.56 Å². The van der Waals surface area contributed by atoms with E-state index in [1.807, 2.05) is 37.3 Å². The van der Waals surface area contributed by atoms with Gasteiger partial charge in [0.2, 0.25) is 0 Å². The topological polar surface area (TPSA) is 113 Å². The summed E-state index contributed by atoms with van der Waals surface area (Å²) >= 11 is 0. The van der Waals surface area contributed by atoms with Gasteiger partial charge in [-0.25, -0.2) is 4.98 Å². The Morgan fingerprint density at radius 3 is 2.45 bits per heavy atom. The SMILES string of the molecule is C[C@@H](Nc1c(Nc2ccnc(NC(=O)c3cccnc3)c2)c(=O)c1=O)c1ccccc1. The predicted octanol–water partition coefficient (Wildman–Crippen LogP) is 3.24. The summed E-state index contributed by atoms with van der Waals surface area (Å²) in [5.74, 6) is -0.0596. The number of rotatable bonds is 7. The summed E-state index contributed by atoms with van der Waals surface area (Å²) < 4.78 is 0. The Morgan fingerprint density at radius 1 is 0.935 bits per heavy atom. The number of amides is 1. The Balaban J connectivity index is 1.50. The van der Waals surface area contributed by atoms with Gasteiger partial charge in [0.25, 0.3) is 16.8 Å². The van der Waals surface area contributed by atoms with Crippen molar-refractivity contribution in [1.82, 2.24) is 9.97 Å². The first-order chi connectivity index (χ1) is 15.0. The molecule has 0 radical (unpaired) electrons. The Bertz CT molecular complexity index is 1280. The maximum absolute atomic E-state index is 12.3. The molecule has 2 heterocycles. The van der Waals surface area contributed by atoms with Gasteiger partial charge >= 0.3 is 0 Å². The fraction of sp³-hybridized carbons (Fsp3) is 0.0870. The van der Waals surface area contributed by atoms with E-state index in [0.29, 0.717) is 17.1 Å². The first-order valence-electron chi connectivity index (χ1n) is 9.62. The van der Waals surface area contributed by atoms with Crippen LogP contribution in [0.2, 0.25) is 0 Å². The van der Waals surface area contributed by atoms with Crippen LogP contribution in [0.4, 0.5) is 22.9 Å². The van der Waals surface area contributed by atoms with Crippen LogP contribution in [-0.4, -0.2) is 15.9 Å². The number of hydrogen-bond acceptors (Lipinski definition) is 7. The van der Waals surface area contributed by atoms with E-state index in [-0.39, 0.29) is 23.3 Å². The highest BCUT2D eigenvalue weighted by Crippen LogP contribution is 2.25. The number of nitrogens with zero attached hydrogens (tertiary/aromatic N) is 2. The molecule has 0 unspecified atom stereocenters. The molecule has 0 aliphatic rings. The van der Waals surface area contributed by atoms with Crippen LogP contribution >= 0.6 is 0 Å². The zero-order chi connectivity index (χ0) is 21.8. The van der Waals surface area contributed by atoms with Gasteiger partial charge in [-0.2, -0.15) is 0 Å². The second-order valence-corrected chi connectivity index (χ2v) is 6.94. The van der Waals surface area contributed by atoms with Gasteiger partial charge in [0.1, 0.15) is 17.2 Å². The number of carbonyl (C=O) groups excluding carboxylic acids is 1. The molecular weight excluding hydrogens is 394 g/mol. The molecule has 0 saturated carbocycles. The van der Waals surface area contributed by atoms with Crippen LogP contribution in [0.3, 0.4) is 0 Å². The minimum Gasteiger partial charge on any atom is -0.373 e. The molecule has 8 nitrogen and oxygen atoms in total. The highest BCUT2D eigenvalue weighted by atomic mass is 16.2. The van der Waals surface area contributed by atoms with Gasteiger partial charge in [-0.15, -0.1) is 0 Å². The summed E-state index contributed by atoms with van der Waals surface area (Å²) in [6.07, 6.45) is 4.52. The number of carbonyl (C=O) groups is 1. The first-order valence-corrected chi connectivity index (χ1v) is 9.62. The second kappa shape index (κ2) is 8.58. The molecule has 1 amide bonds. The number of aromatic nitrogens is 2. The fourth-order valence-corrected chi connectivity index (χ4v) is 3.10. The molecule has 154 valence electrons. The van der Waals surface area contributed by atoms with Crippen molar-refractivity contribution in [2.75, 3.05) is 16.0 Å². The van der Waals surface area contributed by atoms with Crippen LogP contribution in [0.1, 0.15) is 28.9 Å². The summed E-state index contributed by atoms with van der Waals surface area (Å²) in [5, 5.41) is 8.75. The molecule has 31 heavy (non-hydrogen) atoms. The van der Waals surface area contributed by atoms with Gasteiger partial charge in [0, 0.05) is 36.4 Å². The monoisotopic (exact) mass is 413 g/mol. The number of pyridine rings is 2. The van der Waals surface area contributed by atoms with Crippen molar-refractivity contribution in [2.45, 2.75) is 13.0 Å². The zero-order valence-corrected chi connectivity index (χ0v) is 16.6. The highest BCUT2D eigenvalue weighted by Gasteiger charge is 2.23. The zero-order valence-electron chi connectivity index (χ0n) is 16.6. The van der Waals surface area contributed by atoms with E-state index in [1.165, 1.54) is 12.4 Å². The Hall–Kier alpha value is -4.33. The van der Waals surface area contributed by atoms with Crippen LogP contribution in [0.15, 0.2) is 82.8 Å². The van der Waals surface area contributed by atoms with Crippen LogP contribution in [0.5, 0.6) is 0 Å². The van der Waals surface area contributed by atoms with Crippen molar-refractivity contribution in [1.29, 1.82) is 0 Å². The van der Waals surface area contributed by atoms with Gasteiger partial charge in [-0.1, -0.05) is 30.3 Å². The average Bonchev–Trinajstić information content (AvgIpc) is 2.82. The van der Waals surface area contributed by atoms with Gasteiger partial charge in [-0.05, 0) is 30.7 Å². The fourth-order valence-electron chi connectivity index (χ4n) is 3.10. The minimum absolute atomic E-state index is 0.156. The maximum Gasteiger partial charge on any atom is 0.258 e. The van der Waals surface area contributed by atoms with Gasteiger partial charge in [-0.3, -0.25) is 19.4 Å². The largest absolute Gasteiger partial charge is 0.373 e. The third kappa shape index (κ3) is 4.32. The van der Waals surface area contributed by atoms with Crippen molar-refractivity contribution >= 4 is 28.8 Å². The molecule has 0 aliphatic heterocycles. The minimum atomic E-state index is -0.597. The smallest absolute Gasteiger partial charge is 0.258 e. The maximum atomic E-state index is 12.3. The van der Waals surface area contributed by atoms with E-state index in [9.17, 15) is 14.4 Å². The summed E-state index contributed by atoms with van der Waals surface area (Å²) in [6.45, 7) is 1.91. The van der Waals surface area contributed by atoms with E-state index in [2.05, 4.69) is 25.9 Å². The Morgan fingerprint density at radius 2 is 1.71 bits per heavy atom. The van der Waals surface area contributed by atoms with Crippen LogP contribution < -0.4 is 26.8 Å². The van der Waals surface area contributed by atoms with Crippen molar-refractivity contribution in [3.8, 4) is 0 Å². The van der Waals surface area contributed by atoms with Crippen molar-refractivity contribution in [2.24, 2.45) is 0 Å². The second-order valence-electron chi connectivity index (χ2n) is 6.94. The lowest BCUT2D eigenvalue weighted by molar-refractivity contribution is 0.102. The first kappa shape index (κ1) is 20.0. The van der Waals surface area contributed by atoms with Crippen LogP contribution in [0.25, 0.3) is 0 Å². The van der Waals surface area contributed by atoms with Crippen molar-refractivity contribution in [3.05, 3.63) is 105 Å². The molecule has 0 aliphatic carbocycles. The molecule has 4 aromatic rings. The summed E-state index contributed by atoms with van der Waals surface area (Å²) in [7, 11) is 0.